The molecule has 0 saturated heterocycles. The van der Waals surface area contributed by atoms with Crippen LogP contribution in [-0.4, -0.2) is 0 Å². The van der Waals surface area contributed by atoms with Gasteiger partial charge in [-0.1, -0.05) is 47.5 Å². The van der Waals surface area contributed by atoms with Gasteiger partial charge < -0.3 is 0 Å². The van der Waals surface area contributed by atoms with E-state index in [9.17, 15) is 5.26 Å². The Morgan fingerprint density at radius 3 is 2.67 bits per heavy atom. The number of hydrogen-bond donors (Lipinski definition) is 0. The number of halogens is 1. The van der Waals surface area contributed by atoms with Gasteiger partial charge in [0.25, 0.3) is 0 Å². The second kappa shape index (κ2) is 3.98. The second-order valence-electron chi connectivity index (χ2n) is 4.36. The van der Waals surface area contributed by atoms with Gasteiger partial charge in [0.1, 0.15) is 0 Å². The summed E-state index contributed by atoms with van der Waals surface area (Å²) >= 11 is 3.54. The number of benzene rings is 1. The van der Waals surface area contributed by atoms with Gasteiger partial charge in [0.05, 0.1) is 11.5 Å². The molecule has 0 spiro atoms. The molecule has 1 aliphatic rings. The van der Waals surface area contributed by atoms with Crippen molar-refractivity contribution in [3.63, 3.8) is 0 Å². The Morgan fingerprint density at radius 1 is 1.47 bits per heavy atom. The Balaban J connectivity index is 2.31. The van der Waals surface area contributed by atoms with E-state index < -0.39 is 0 Å². The zero-order chi connectivity index (χ0) is 10.9. The highest BCUT2D eigenvalue weighted by Gasteiger charge is 2.45. The Morgan fingerprint density at radius 2 is 2.13 bits per heavy atom. The molecule has 0 aromatic heterocycles. The Bertz CT molecular complexity index is 399. The van der Waals surface area contributed by atoms with Crippen LogP contribution >= 0.6 is 15.9 Å². The summed E-state index contributed by atoms with van der Waals surface area (Å²) < 4.78 is 1.07. The minimum absolute atomic E-state index is 0.221. The summed E-state index contributed by atoms with van der Waals surface area (Å²) in [5, 5.41) is 9.36. The maximum Gasteiger partial charge on any atom is 0.0838 e. The van der Waals surface area contributed by atoms with Crippen molar-refractivity contribution in [3.05, 3.63) is 34.3 Å². The quantitative estimate of drug-likeness (QED) is 0.791. The van der Waals surface area contributed by atoms with E-state index in [1.165, 1.54) is 6.42 Å². The van der Waals surface area contributed by atoms with Crippen LogP contribution in [0.25, 0.3) is 0 Å². The molecule has 2 rings (SSSR count). The third-order valence-corrected chi connectivity index (χ3v) is 4.15. The molecular formula is C13H14BrN. The van der Waals surface area contributed by atoms with E-state index in [1.54, 1.807) is 0 Å². The smallest absolute Gasteiger partial charge is 0.0838 e. The summed E-state index contributed by atoms with van der Waals surface area (Å²) in [7, 11) is 0. The zero-order valence-electron chi connectivity index (χ0n) is 8.83. The van der Waals surface area contributed by atoms with Crippen molar-refractivity contribution in [3.8, 4) is 6.07 Å². The summed E-state index contributed by atoms with van der Waals surface area (Å²) in [5.74, 6) is 0.733. The number of hydrogen-bond acceptors (Lipinski definition) is 1. The fraction of sp³-hybridized carbons (Fsp3) is 0.462. The van der Waals surface area contributed by atoms with Gasteiger partial charge in [0.2, 0.25) is 0 Å². The van der Waals surface area contributed by atoms with Crippen LogP contribution in [0, 0.1) is 17.2 Å². The third-order valence-electron chi connectivity index (χ3n) is 3.46. The lowest BCUT2D eigenvalue weighted by molar-refractivity contribution is 0.191. The molecule has 0 N–H and O–H groups in total. The van der Waals surface area contributed by atoms with Crippen LogP contribution in [0.1, 0.15) is 31.7 Å². The maximum atomic E-state index is 9.36. The molecule has 1 nitrogen and oxygen atoms in total. The van der Waals surface area contributed by atoms with Crippen LogP contribution in [0.5, 0.6) is 0 Å². The van der Waals surface area contributed by atoms with Crippen molar-refractivity contribution in [2.24, 2.45) is 5.92 Å². The van der Waals surface area contributed by atoms with Crippen LogP contribution in [-0.2, 0) is 5.41 Å². The lowest BCUT2D eigenvalue weighted by atomic mass is 9.59. The first-order valence-corrected chi connectivity index (χ1v) is 6.17. The fourth-order valence-corrected chi connectivity index (χ4v) is 3.10. The highest BCUT2D eigenvalue weighted by molar-refractivity contribution is 9.10. The fourth-order valence-electron chi connectivity index (χ4n) is 2.44. The van der Waals surface area contributed by atoms with Crippen LogP contribution in [0.15, 0.2) is 28.7 Å². The maximum absolute atomic E-state index is 9.36. The van der Waals surface area contributed by atoms with Crippen molar-refractivity contribution >= 4 is 15.9 Å². The molecule has 1 aromatic rings. The van der Waals surface area contributed by atoms with E-state index in [0.717, 1.165) is 28.8 Å². The van der Waals surface area contributed by atoms with E-state index in [-0.39, 0.29) is 5.41 Å². The highest BCUT2D eigenvalue weighted by Crippen LogP contribution is 2.50. The van der Waals surface area contributed by atoms with Gasteiger partial charge in [0.15, 0.2) is 0 Å². The van der Waals surface area contributed by atoms with E-state index in [1.807, 2.05) is 18.2 Å². The van der Waals surface area contributed by atoms with Crippen molar-refractivity contribution in [2.45, 2.75) is 31.6 Å². The summed E-state index contributed by atoms with van der Waals surface area (Å²) in [4.78, 5) is 0. The molecule has 15 heavy (non-hydrogen) atoms. The normalized spacial score (nSPS) is 29.3. The number of nitrogens with zero attached hydrogens (tertiary/aromatic N) is 1. The second-order valence-corrected chi connectivity index (χ2v) is 5.21. The topological polar surface area (TPSA) is 23.8 Å². The van der Waals surface area contributed by atoms with Crippen LogP contribution in [0.3, 0.4) is 0 Å². The molecule has 78 valence electrons. The van der Waals surface area contributed by atoms with E-state index in [4.69, 9.17) is 0 Å². The SMILES string of the molecule is CCC1CC(C#N)(c2ccccc2Br)C1. The molecule has 0 amide bonds. The molecule has 1 saturated carbocycles. The first kappa shape index (κ1) is 10.7. The van der Waals surface area contributed by atoms with Crippen molar-refractivity contribution in [1.82, 2.24) is 0 Å². The average Bonchev–Trinajstić information content (AvgIpc) is 2.20. The van der Waals surface area contributed by atoms with Crippen molar-refractivity contribution in [2.75, 3.05) is 0 Å². The van der Waals surface area contributed by atoms with E-state index in [2.05, 4.69) is 35.0 Å². The first-order chi connectivity index (χ1) is 7.22. The molecule has 1 aromatic carbocycles. The standard InChI is InChI=1S/C13H14BrN/c1-2-10-7-13(8-10,9-15)11-5-3-4-6-12(11)14/h3-6,10H,2,7-8H2,1H3. The van der Waals surface area contributed by atoms with Gasteiger partial charge in [-0.3, -0.25) is 0 Å². The average molecular weight is 264 g/mol. The van der Waals surface area contributed by atoms with Gasteiger partial charge in [0, 0.05) is 4.47 Å². The Labute approximate surface area is 99.2 Å². The lowest BCUT2D eigenvalue weighted by Gasteiger charge is -2.43. The molecule has 0 heterocycles. The van der Waals surface area contributed by atoms with Crippen molar-refractivity contribution < 1.29 is 0 Å². The molecule has 2 heteroatoms. The van der Waals surface area contributed by atoms with Crippen LogP contribution in [0.4, 0.5) is 0 Å². The molecule has 0 aliphatic heterocycles. The number of nitriles is 1. The van der Waals surface area contributed by atoms with Gasteiger partial charge >= 0.3 is 0 Å². The lowest BCUT2D eigenvalue weighted by Crippen LogP contribution is -2.40. The van der Waals surface area contributed by atoms with E-state index in [0.29, 0.717) is 0 Å². The Kier molecular flexibility index (Phi) is 2.84. The summed E-state index contributed by atoms with van der Waals surface area (Å²) in [5.41, 5.74) is 0.943. The minimum Gasteiger partial charge on any atom is -0.197 e. The zero-order valence-corrected chi connectivity index (χ0v) is 10.4. The van der Waals surface area contributed by atoms with Gasteiger partial charge in [-0.2, -0.15) is 5.26 Å². The van der Waals surface area contributed by atoms with Gasteiger partial charge in [-0.05, 0) is 30.4 Å². The molecule has 1 aliphatic carbocycles. The first-order valence-electron chi connectivity index (χ1n) is 5.38. The molecule has 0 unspecified atom stereocenters. The van der Waals surface area contributed by atoms with E-state index >= 15 is 0 Å². The summed E-state index contributed by atoms with van der Waals surface area (Å²) in [6, 6.07) is 10.6. The molecule has 0 radical (unpaired) electrons. The largest absolute Gasteiger partial charge is 0.197 e. The predicted octanol–water partition coefficient (Wildman–Crippen LogP) is 4.03. The van der Waals surface area contributed by atoms with Crippen LogP contribution < -0.4 is 0 Å². The van der Waals surface area contributed by atoms with Gasteiger partial charge in [-0.25, -0.2) is 0 Å². The number of rotatable bonds is 2. The minimum atomic E-state index is -0.221. The summed E-state index contributed by atoms with van der Waals surface area (Å²) in [6.45, 7) is 2.20. The third kappa shape index (κ3) is 1.70. The predicted molar refractivity (Wildman–Crippen MR) is 64.4 cm³/mol. The molecule has 1 fully saturated rings. The molecule has 0 bridgehead atoms. The summed E-state index contributed by atoms with van der Waals surface area (Å²) in [6.07, 6.45) is 3.22. The molecule has 0 atom stereocenters. The monoisotopic (exact) mass is 263 g/mol. The highest BCUT2D eigenvalue weighted by atomic mass is 79.9. The van der Waals surface area contributed by atoms with Crippen molar-refractivity contribution in [1.29, 1.82) is 5.26 Å². The van der Waals surface area contributed by atoms with Crippen LogP contribution in [0.2, 0.25) is 0 Å². The van der Waals surface area contributed by atoms with Gasteiger partial charge in [-0.15, -0.1) is 0 Å². The molecular weight excluding hydrogens is 250 g/mol. The Hall–Kier alpha value is -0.810.